The predicted octanol–water partition coefficient (Wildman–Crippen LogP) is 5.17. The van der Waals surface area contributed by atoms with Crippen LogP contribution in [0.4, 0.5) is 13.2 Å². The van der Waals surface area contributed by atoms with Crippen molar-refractivity contribution in [1.29, 1.82) is 0 Å². The average Bonchev–Trinajstić information content (AvgIpc) is 3.18. The standard InChI is InChI=1S/C26H25F3N4O2/c1-17(13-14-18-9-5-3-6-10-18)30-21(34)16-35-22-15-20(26(27,28)29)23-24(19-11-7-4-8-12-19)32-33(2)25(23)31-22/h3-12,15,17H,13-14,16H2,1-2H3,(H,30,34)/t17-/m0/s1. The summed E-state index contributed by atoms with van der Waals surface area (Å²) in [4.78, 5) is 16.6. The zero-order valence-electron chi connectivity index (χ0n) is 19.3. The topological polar surface area (TPSA) is 69.0 Å². The van der Waals surface area contributed by atoms with Crippen LogP contribution < -0.4 is 10.1 Å². The van der Waals surface area contributed by atoms with Gasteiger partial charge in [0.05, 0.1) is 10.9 Å². The zero-order valence-corrected chi connectivity index (χ0v) is 19.3. The number of hydrogen-bond acceptors (Lipinski definition) is 4. The summed E-state index contributed by atoms with van der Waals surface area (Å²) in [5.41, 5.74) is 0.988. The first kappa shape index (κ1) is 24.3. The van der Waals surface area contributed by atoms with Crippen molar-refractivity contribution in [2.24, 2.45) is 7.05 Å². The molecular formula is C26H25F3N4O2. The highest BCUT2D eigenvalue weighted by molar-refractivity contribution is 5.94. The highest BCUT2D eigenvalue weighted by Gasteiger charge is 2.36. The van der Waals surface area contributed by atoms with Gasteiger partial charge in [0.2, 0.25) is 5.88 Å². The fourth-order valence-corrected chi connectivity index (χ4v) is 3.88. The van der Waals surface area contributed by atoms with Gasteiger partial charge in [0, 0.05) is 24.7 Å². The largest absolute Gasteiger partial charge is 0.467 e. The van der Waals surface area contributed by atoms with Crippen LogP contribution in [-0.4, -0.2) is 33.3 Å². The molecule has 2 aromatic heterocycles. The molecule has 0 radical (unpaired) electrons. The number of ether oxygens (including phenoxy) is 1. The molecule has 0 spiro atoms. The van der Waals surface area contributed by atoms with Crippen LogP contribution in [-0.2, 0) is 24.4 Å². The van der Waals surface area contributed by atoms with Crippen molar-refractivity contribution in [2.45, 2.75) is 32.0 Å². The molecule has 1 N–H and O–H groups in total. The number of aryl methyl sites for hydroxylation is 2. The van der Waals surface area contributed by atoms with Crippen LogP contribution in [0.25, 0.3) is 22.3 Å². The van der Waals surface area contributed by atoms with Crippen molar-refractivity contribution in [3.05, 3.63) is 77.9 Å². The van der Waals surface area contributed by atoms with E-state index in [1.54, 1.807) is 30.3 Å². The fourth-order valence-electron chi connectivity index (χ4n) is 3.88. The molecule has 1 amide bonds. The Morgan fingerprint density at radius 3 is 2.40 bits per heavy atom. The molecule has 0 aliphatic heterocycles. The van der Waals surface area contributed by atoms with Crippen molar-refractivity contribution in [2.75, 3.05) is 6.61 Å². The van der Waals surface area contributed by atoms with Crippen molar-refractivity contribution >= 4 is 16.9 Å². The second-order valence-corrected chi connectivity index (χ2v) is 8.32. The number of alkyl halides is 3. The number of hydrogen-bond donors (Lipinski definition) is 1. The van der Waals surface area contributed by atoms with Crippen molar-refractivity contribution in [3.8, 4) is 17.1 Å². The first-order valence-electron chi connectivity index (χ1n) is 11.2. The SMILES string of the molecule is C[C@@H](CCc1ccccc1)NC(=O)COc1cc(C(F)(F)F)c2c(-c3ccccc3)nn(C)c2n1. The molecule has 4 aromatic rings. The monoisotopic (exact) mass is 482 g/mol. The Kier molecular flexibility index (Phi) is 7.04. The number of amides is 1. The lowest BCUT2D eigenvalue weighted by atomic mass is 10.0. The number of nitrogens with one attached hydrogen (secondary N) is 1. The third-order valence-electron chi connectivity index (χ3n) is 5.59. The minimum atomic E-state index is -4.67. The predicted molar refractivity (Wildman–Crippen MR) is 127 cm³/mol. The second-order valence-electron chi connectivity index (χ2n) is 8.32. The van der Waals surface area contributed by atoms with Gasteiger partial charge >= 0.3 is 6.18 Å². The molecule has 0 unspecified atom stereocenters. The molecule has 2 heterocycles. The number of carbonyl (C=O) groups is 1. The number of benzene rings is 2. The van der Waals surface area contributed by atoms with Gasteiger partial charge in [0.1, 0.15) is 5.69 Å². The van der Waals surface area contributed by atoms with E-state index < -0.39 is 24.3 Å². The van der Waals surface area contributed by atoms with Crippen LogP contribution in [0.3, 0.4) is 0 Å². The van der Waals surface area contributed by atoms with E-state index in [0.717, 1.165) is 24.5 Å². The molecule has 0 aliphatic carbocycles. The Morgan fingerprint density at radius 1 is 1.09 bits per heavy atom. The Morgan fingerprint density at radius 2 is 1.74 bits per heavy atom. The summed E-state index contributed by atoms with van der Waals surface area (Å²) in [6.45, 7) is 1.42. The molecular weight excluding hydrogens is 457 g/mol. The Labute approximate surface area is 200 Å². The third-order valence-corrected chi connectivity index (χ3v) is 5.59. The number of rotatable bonds is 8. The van der Waals surface area contributed by atoms with Crippen molar-refractivity contribution < 1.29 is 22.7 Å². The zero-order chi connectivity index (χ0) is 25.0. The molecule has 9 heteroatoms. The van der Waals surface area contributed by atoms with Gasteiger partial charge in [0.25, 0.3) is 5.91 Å². The third kappa shape index (κ3) is 5.79. The molecule has 182 valence electrons. The summed E-state index contributed by atoms with van der Waals surface area (Å²) in [6, 6.07) is 19.2. The van der Waals surface area contributed by atoms with Gasteiger partial charge < -0.3 is 10.1 Å². The first-order chi connectivity index (χ1) is 16.7. The number of aromatic nitrogens is 3. The molecule has 2 aromatic carbocycles. The van der Waals surface area contributed by atoms with Crippen LogP contribution in [0.2, 0.25) is 0 Å². The average molecular weight is 483 g/mol. The number of halogens is 3. The van der Waals surface area contributed by atoms with E-state index in [-0.39, 0.29) is 28.6 Å². The molecule has 6 nitrogen and oxygen atoms in total. The summed E-state index contributed by atoms with van der Waals surface area (Å²) in [6.07, 6.45) is -3.16. The smallest absolute Gasteiger partial charge is 0.417 e. The fraction of sp³-hybridized carbons (Fsp3) is 0.269. The number of pyridine rings is 1. The van der Waals surface area contributed by atoms with E-state index in [4.69, 9.17) is 4.74 Å². The number of nitrogens with zero attached hydrogens (tertiary/aromatic N) is 3. The quantitative estimate of drug-likeness (QED) is 0.376. The van der Waals surface area contributed by atoms with Crippen LogP contribution in [0, 0.1) is 0 Å². The highest BCUT2D eigenvalue weighted by atomic mass is 19.4. The molecule has 35 heavy (non-hydrogen) atoms. The molecule has 1 atom stereocenters. The molecule has 4 rings (SSSR count). The van der Waals surface area contributed by atoms with E-state index >= 15 is 0 Å². The van der Waals surface area contributed by atoms with Crippen LogP contribution >= 0.6 is 0 Å². The van der Waals surface area contributed by atoms with E-state index in [2.05, 4.69) is 15.4 Å². The Hall–Kier alpha value is -3.88. The molecule has 0 fully saturated rings. The maximum Gasteiger partial charge on any atom is 0.417 e. The van der Waals surface area contributed by atoms with E-state index in [1.807, 2.05) is 37.3 Å². The summed E-state index contributed by atoms with van der Waals surface area (Å²) in [5.74, 6) is -0.726. The van der Waals surface area contributed by atoms with Crippen molar-refractivity contribution in [1.82, 2.24) is 20.1 Å². The van der Waals surface area contributed by atoms with Gasteiger partial charge in [-0.15, -0.1) is 0 Å². The first-order valence-corrected chi connectivity index (χ1v) is 11.2. The second kappa shape index (κ2) is 10.2. The van der Waals surface area contributed by atoms with Gasteiger partial charge in [-0.1, -0.05) is 60.7 Å². The van der Waals surface area contributed by atoms with E-state index in [9.17, 15) is 18.0 Å². The number of fused-ring (bicyclic) bond motifs is 1. The minimum Gasteiger partial charge on any atom is -0.467 e. The summed E-state index contributed by atoms with van der Waals surface area (Å²) in [5, 5.41) is 6.97. The normalized spacial score (nSPS) is 12.5. The number of carbonyl (C=O) groups excluding carboxylic acids is 1. The maximum absolute atomic E-state index is 14.0. The lowest BCUT2D eigenvalue weighted by molar-refractivity contribution is -0.136. The van der Waals surface area contributed by atoms with Gasteiger partial charge in [-0.3, -0.25) is 4.79 Å². The van der Waals surface area contributed by atoms with Gasteiger partial charge in [0.15, 0.2) is 12.3 Å². The molecule has 0 saturated heterocycles. The van der Waals surface area contributed by atoms with E-state index in [0.29, 0.717) is 5.56 Å². The van der Waals surface area contributed by atoms with Gasteiger partial charge in [-0.05, 0) is 25.3 Å². The minimum absolute atomic E-state index is 0.0188. The maximum atomic E-state index is 14.0. The molecule has 0 saturated carbocycles. The summed E-state index contributed by atoms with van der Waals surface area (Å²) >= 11 is 0. The Bertz CT molecular complexity index is 1310. The van der Waals surface area contributed by atoms with E-state index in [1.165, 1.54) is 11.7 Å². The van der Waals surface area contributed by atoms with Crippen LogP contribution in [0.5, 0.6) is 5.88 Å². The lowest BCUT2D eigenvalue weighted by Crippen LogP contribution is -2.36. The van der Waals surface area contributed by atoms with Gasteiger partial charge in [-0.25, -0.2) is 4.68 Å². The molecule has 0 bridgehead atoms. The highest BCUT2D eigenvalue weighted by Crippen LogP contribution is 2.40. The van der Waals surface area contributed by atoms with Crippen LogP contribution in [0.1, 0.15) is 24.5 Å². The van der Waals surface area contributed by atoms with Crippen molar-refractivity contribution in [3.63, 3.8) is 0 Å². The van der Waals surface area contributed by atoms with Crippen LogP contribution in [0.15, 0.2) is 66.7 Å². The summed E-state index contributed by atoms with van der Waals surface area (Å²) < 4.78 is 48.7. The summed E-state index contributed by atoms with van der Waals surface area (Å²) in [7, 11) is 1.52. The Balaban J connectivity index is 1.50. The van der Waals surface area contributed by atoms with Gasteiger partial charge in [-0.2, -0.15) is 23.3 Å². The lowest BCUT2D eigenvalue weighted by Gasteiger charge is -2.15. The molecule has 0 aliphatic rings.